The molecule has 0 aliphatic carbocycles. The van der Waals surface area contributed by atoms with E-state index in [4.69, 9.17) is 20.4 Å². The Morgan fingerprint density at radius 2 is 0.774 bits per heavy atom. The maximum atomic E-state index is 13.5. The molecule has 0 bridgehead atoms. The van der Waals surface area contributed by atoms with E-state index in [1.165, 1.54) is 45.3 Å². The third-order valence-corrected chi connectivity index (χ3v) is 26.4. The Morgan fingerprint density at radius 3 is 1.11 bits per heavy atom. The Hall–Kier alpha value is -9.83. The van der Waals surface area contributed by atoms with Crippen LogP contribution in [0.4, 0.5) is 25.8 Å². The van der Waals surface area contributed by atoms with Gasteiger partial charge in [0.15, 0.2) is 0 Å². The second-order valence-electron chi connectivity index (χ2n) is 24.9. The SMILES string of the molecule is C#Cc1cccc(N(C)CCO[Si](c2ccccc2)(c2ccccc2)C(C)(C)C)c1.CN(CCO)c1cccc(C#Cc2cc3cc(F)cnc3[nH]2)c1.CN(CCO[Si](c1ccccc1)(c1ccccc1)C(C)(C)C)c1cccc(C#Cc2cc3cc(F)cnc3[nH]2)c1. The van der Waals surface area contributed by atoms with E-state index in [-0.39, 0.29) is 28.3 Å². The number of nitrogens with zero attached hydrogens (tertiary/aromatic N) is 5. The van der Waals surface area contributed by atoms with Crippen molar-refractivity contribution < 1.29 is 22.7 Å². The maximum Gasteiger partial charge on any atom is 0.261 e. The zero-order chi connectivity index (χ0) is 66.0. The summed E-state index contributed by atoms with van der Waals surface area (Å²) in [5.41, 5.74) is 8.46. The smallest absolute Gasteiger partial charge is 0.261 e. The summed E-state index contributed by atoms with van der Waals surface area (Å²) in [6.45, 7) is 17.2. The molecule has 0 amide bonds. The largest absolute Gasteiger partial charge is 0.406 e. The summed E-state index contributed by atoms with van der Waals surface area (Å²) in [6, 6.07) is 73.5. The Bertz CT molecular complexity index is 4330. The first-order chi connectivity index (χ1) is 44.8. The lowest BCUT2D eigenvalue weighted by Crippen LogP contribution is -2.67. The molecule has 93 heavy (non-hydrogen) atoms. The Labute approximate surface area is 549 Å². The van der Waals surface area contributed by atoms with Crippen molar-refractivity contribution in [3.8, 4) is 36.0 Å². The molecule has 4 aromatic heterocycles. The summed E-state index contributed by atoms with van der Waals surface area (Å²) in [5, 5.41) is 15.5. The Kier molecular flexibility index (Phi) is 22.5. The number of terminal acetylenes is 1. The molecule has 0 radical (unpaired) electrons. The zero-order valence-electron chi connectivity index (χ0n) is 54.5. The van der Waals surface area contributed by atoms with Crippen LogP contribution in [-0.2, 0) is 8.85 Å². The van der Waals surface area contributed by atoms with E-state index in [1.807, 2.05) is 72.6 Å². The number of likely N-dealkylation sites (N-methyl/N-ethyl adjacent to an activating group) is 3. The molecule has 0 unspecified atom stereocenters. The van der Waals surface area contributed by atoms with Crippen molar-refractivity contribution in [2.45, 2.75) is 51.6 Å². The van der Waals surface area contributed by atoms with E-state index in [2.05, 4.69) is 255 Å². The molecular formula is C79H81F2N7O3Si2. The molecule has 4 heterocycles. The van der Waals surface area contributed by atoms with Crippen molar-refractivity contribution in [3.05, 3.63) is 270 Å². The van der Waals surface area contributed by atoms with Gasteiger partial charge in [0.25, 0.3) is 16.6 Å². The van der Waals surface area contributed by atoms with Gasteiger partial charge < -0.3 is 38.6 Å². The average Bonchev–Trinajstić information content (AvgIpc) is 1.44. The van der Waals surface area contributed by atoms with Crippen molar-refractivity contribution in [2.24, 2.45) is 0 Å². The second kappa shape index (κ2) is 31.0. The van der Waals surface area contributed by atoms with Crippen molar-refractivity contribution in [1.82, 2.24) is 19.9 Å². The van der Waals surface area contributed by atoms with Gasteiger partial charge in [0, 0.05) is 85.3 Å². The lowest BCUT2D eigenvalue weighted by Gasteiger charge is -2.43. The number of nitrogens with one attached hydrogen (secondary N) is 2. The Balaban J connectivity index is 0.000000171. The molecule has 3 N–H and O–H groups in total. The molecule has 14 heteroatoms. The number of fused-ring (bicyclic) bond motifs is 2. The molecule has 0 fully saturated rings. The third kappa shape index (κ3) is 16.8. The van der Waals surface area contributed by atoms with Crippen LogP contribution in [-0.4, -0.2) is 102 Å². The molecular weight excluding hydrogens is 1190 g/mol. The molecule has 11 rings (SSSR count). The highest BCUT2D eigenvalue weighted by Gasteiger charge is 2.51. The highest BCUT2D eigenvalue weighted by molar-refractivity contribution is 7.00. The number of aliphatic hydroxyl groups is 1. The number of rotatable bonds is 17. The minimum absolute atomic E-state index is 0.0162. The lowest BCUT2D eigenvalue weighted by atomic mass is 10.2. The van der Waals surface area contributed by atoms with Gasteiger partial charge in [-0.2, -0.15) is 0 Å². The topological polar surface area (TPSA) is 106 Å². The van der Waals surface area contributed by atoms with Crippen LogP contribution >= 0.6 is 0 Å². The summed E-state index contributed by atoms with van der Waals surface area (Å²) in [7, 11) is 1.02. The first kappa shape index (κ1) is 67.6. The van der Waals surface area contributed by atoms with Crippen LogP contribution in [0, 0.1) is 47.7 Å². The zero-order valence-corrected chi connectivity index (χ0v) is 56.5. The number of benzene rings is 7. The molecule has 10 nitrogen and oxygen atoms in total. The van der Waals surface area contributed by atoms with E-state index in [1.54, 1.807) is 6.07 Å². The molecule has 0 saturated carbocycles. The third-order valence-electron chi connectivity index (χ3n) is 16.3. The normalized spacial score (nSPS) is 11.4. The average molecular weight is 1270 g/mol. The second-order valence-corrected chi connectivity index (χ2v) is 33.5. The highest BCUT2D eigenvalue weighted by Crippen LogP contribution is 2.38. The van der Waals surface area contributed by atoms with E-state index in [0.29, 0.717) is 53.2 Å². The number of halogens is 2. The number of H-pyrrole nitrogens is 2. The summed E-state index contributed by atoms with van der Waals surface area (Å²) in [4.78, 5) is 20.6. The lowest BCUT2D eigenvalue weighted by molar-refractivity contribution is 0.304. The van der Waals surface area contributed by atoms with E-state index in [0.717, 1.165) is 46.8 Å². The van der Waals surface area contributed by atoms with E-state index < -0.39 is 16.6 Å². The number of hydrogen-bond donors (Lipinski definition) is 3. The van der Waals surface area contributed by atoms with Gasteiger partial charge in [-0.15, -0.1) is 6.42 Å². The summed E-state index contributed by atoms with van der Waals surface area (Å²) in [6.07, 6.45) is 7.94. The van der Waals surface area contributed by atoms with Crippen molar-refractivity contribution in [2.75, 3.05) is 75.3 Å². The van der Waals surface area contributed by atoms with Gasteiger partial charge in [-0.05, 0) is 122 Å². The number of aromatic amines is 2. The Morgan fingerprint density at radius 1 is 0.441 bits per heavy atom. The number of anilines is 3. The van der Waals surface area contributed by atoms with Crippen LogP contribution in [0.5, 0.6) is 0 Å². The van der Waals surface area contributed by atoms with Crippen LogP contribution < -0.4 is 35.4 Å². The fourth-order valence-electron chi connectivity index (χ4n) is 11.6. The number of pyridine rings is 2. The number of hydrogen-bond acceptors (Lipinski definition) is 8. The molecule has 11 aromatic rings. The molecule has 0 atom stereocenters. The van der Waals surface area contributed by atoms with Gasteiger partial charge in [-0.25, -0.2) is 18.7 Å². The number of aliphatic hydroxyl groups excluding tert-OH is 1. The molecule has 472 valence electrons. The van der Waals surface area contributed by atoms with Crippen LogP contribution in [0.3, 0.4) is 0 Å². The highest BCUT2D eigenvalue weighted by atomic mass is 28.4. The van der Waals surface area contributed by atoms with Gasteiger partial charge in [0.05, 0.1) is 43.6 Å². The summed E-state index contributed by atoms with van der Waals surface area (Å²) in [5.74, 6) is 14.5. The first-order valence-electron chi connectivity index (χ1n) is 31.1. The quantitative estimate of drug-likeness (QED) is 0.0612. The van der Waals surface area contributed by atoms with Gasteiger partial charge in [0.2, 0.25) is 0 Å². The predicted molar refractivity (Wildman–Crippen MR) is 385 cm³/mol. The van der Waals surface area contributed by atoms with Gasteiger partial charge >= 0.3 is 0 Å². The molecule has 0 aliphatic heterocycles. The van der Waals surface area contributed by atoms with Crippen LogP contribution in [0.15, 0.2) is 231 Å². The minimum Gasteiger partial charge on any atom is -0.406 e. The van der Waals surface area contributed by atoms with Crippen LogP contribution in [0.25, 0.3) is 22.1 Å². The number of aromatic nitrogens is 4. The van der Waals surface area contributed by atoms with Crippen molar-refractivity contribution in [3.63, 3.8) is 0 Å². The van der Waals surface area contributed by atoms with Crippen molar-refractivity contribution in [1.29, 1.82) is 0 Å². The predicted octanol–water partition coefficient (Wildman–Crippen LogP) is 13.3. The molecule has 0 spiro atoms. The fraction of sp³-hybridized carbons (Fsp3) is 0.215. The van der Waals surface area contributed by atoms with Crippen molar-refractivity contribution >= 4 is 76.5 Å². The monoisotopic (exact) mass is 1270 g/mol. The summed E-state index contributed by atoms with van der Waals surface area (Å²) >= 11 is 0. The molecule has 7 aromatic carbocycles. The van der Waals surface area contributed by atoms with Gasteiger partial charge in [-0.3, -0.25) is 0 Å². The van der Waals surface area contributed by atoms with Crippen LogP contribution in [0.2, 0.25) is 10.1 Å². The fourth-order valence-corrected chi connectivity index (χ4v) is 20.7. The first-order valence-corrected chi connectivity index (χ1v) is 35.0. The van der Waals surface area contributed by atoms with Gasteiger partial charge in [0.1, 0.15) is 22.9 Å². The summed E-state index contributed by atoms with van der Waals surface area (Å²) < 4.78 is 40.7. The molecule has 0 saturated heterocycles. The maximum absolute atomic E-state index is 13.5. The van der Waals surface area contributed by atoms with E-state index >= 15 is 0 Å². The van der Waals surface area contributed by atoms with E-state index in [9.17, 15) is 8.78 Å². The molecule has 0 aliphatic rings. The standard InChI is InChI=1S/C34H34FN3OSi.C27H31NOSi.C18H16FN3O/c1-34(2,3)40(31-14-7-5-8-15-31,32-16-9-6-10-17-32)39-21-20-38(4)30-13-11-12-26(22-30)18-19-29-24-27-23-28(35)25-36-33(27)37-29;1-6-23-14-13-15-24(22-23)28(5)20-21-29-30(27(2,3)4,25-16-9-7-10-17-25)26-18-11-8-12-19-26;1-22(7-8-23)17-4-2-3-13(9-17)5-6-16-11-14-10-15(19)12-20-18(14)21-16/h5-17,22-25H,20-21H2,1-4H3,(H,36,37);1,7-19,22H,20-21H2,2-5H3;2-4,9-12,23H,7-8H2,1H3,(H,20,21). The minimum atomic E-state index is -2.58. The van der Waals surface area contributed by atoms with Crippen LogP contribution in [0.1, 0.15) is 69.6 Å². The van der Waals surface area contributed by atoms with Gasteiger partial charge in [-0.1, -0.05) is 199 Å².